The molecule has 1 N–H and O–H groups in total. The van der Waals surface area contributed by atoms with Crippen molar-refractivity contribution in [2.75, 3.05) is 30.0 Å². The Balaban J connectivity index is 2.44. The molecule has 1 heterocycles. The highest BCUT2D eigenvalue weighted by Crippen LogP contribution is 2.11. The average Bonchev–Trinajstić information content (AvgIpc) is 2.35. The molecular weight excluding hydrogens is 272 g/mol. The second-order valence-electron chi connectivity index (χ2n) is 3.24. The van der Waals surface area contributed by atoms with Crippen LogP contribution in [0.1, 0.15) is 13.3 Å². The van der Waals surface area contributed by atoms with Crippen molar-refractivity contribution in [3.05, 3.63) is 5.28 Å². The van der Waals surface area contributed by atoms with Crippen LogP contribution in [0, 0.1) is 12.3 Å². The van der Waals surface area contributed by atoms with E-state index in [1.807, 2.05) is 6.92 Å². The molecule has 0 saturated carbocycles. The van der Waals surface area contributed by atoms with Crippen molar-refractivity contribution in [2.24, 2.45) is 0 Å². The Morgan fingerprint density at radius 2 is 2.28 bits per heavy atom. The van der Waals surface area contributed by atoms with Crippen molar-refractivity contribution < 1.29 is 4.74 Å². The number of rotatable bonds is 8. The van der Waals surface area contributed by atoms with Gasteiger partial charge in [0.2, 0.25) is 11.2 Å². The maximum Gasteiger partial charge on any atom is 0.322 e. The second-order valence-corrected chi connectivity index (χ2v) is 4.69. The number of aromatic nitrogens is 3. The molecule has 0 unspecified atom stereocenters. The van der Waals surface area contributed by atoms with E-state index in [0.29, 0.717) is 24.9 Å². The van der Waals surface area contributed by atoms with Gasteiger partial charge >= 0.3 is 6.01 Å². The van der Waals surface area contributed by atoms with Crippen LogP contribution in [0.4, 0.5) is 5.95 Å². The first-order valence-corrected chi connectivity index (χ1v) is 7.09. The van der Waals surface area contributed by atoms with Gasteiger partial charge in [0.25, 0.3) is 0 Å². The van der Waals surface area contributed by atoms with Gasteiger partial charge in [-0.25, -0.2) is 0 Å². The largest absolute Gasteiger partial charge is 0.463 e. The normalized spacial score (nSPS) is 9.83. The van der Waals surface area contributed by atoms with E-state index in [4.69, 9.17) is 22.8 Å². The average molecular weight is 287 g/mol. The molecule has 0 aliphatic carbocycles. The summed E-state index contributed by atoms with van der Waals surface area (Å²) >= 11 is 7.44. The molecule has 0 amide bonds. The van der Waals surface area contributed by atoms with Gasteiger partial charge in [0.05, 0.1) is 12.4 Å². The van der Waals surface area contributed by atoms with E-state index in [0.717, 1.165) is 12.2 Å². The highest BCUT2D eigenvalue weighted by molar-refractivity contribution is 7.99. The molecule has 7 heteroatoms. The Morgan fingerprint density at radius 1 is 1.44 bits per heavy atom. The lowest BCUT2D eigenvalue weighted by Crippen LogP contribution is -2.10. The highest BCUT2D eigenvalue weighted by Gasteiger charge is 2.05. The first-order chi connectivity index (χ1) is 8.76. The van der Waals surface area contributed by atoms with Gasteiger partial charge in [-0.05, 0) is 18.0 Å². The first kappa shape index (κ1) is 14.9. The smallest absolute Gasteiger partial charge is 0.322 e. The molecule has 0 aliphatic heterocycles. The Labute approximate surface area is 116 Å². The zero-order valence-corrected chi connectivity index (χ0v) is 11.7. The Bertz CT molecular complexity index is 411. The molecular formula is C11H15ClN4OS. The summed E-state index contributed by atoms with van der Waals surface area (Å²) in [7, 11) is 0. The predicted octanol–water partition coefficient (Wildman–Crippen LogP) is 2.09. The van der Waals surface area contributed by atoms with Crippen LogP contribution in [0.5, 0.6) is 6.01 Å². The van der Waals surface area contributed by atoms with E-state index in [2.05, 4.69) is 26.2 Å². The summed E-state index contributed by atoms with van der Waals surface area (Å²) < 4.78 is 5.30. The number of anilines is 1. The summed E-state index contributed by atoms with van der Waals surface area (Å²) in [5.41, 5.74) is 0. The second kappa shape index (κ2) is 8.84. The van der Waals surface area contributed by atoms with Gasteiger partial charge in [0.15, 0.2) is 0 Å². The molecule has 5 nitrogen and oxygen atoms in total. The first-order valence-electron chi connectivity index (χ1n) is 5.55. The number of halogens is 1. The van der Waals surface area contributed by atoms with Crippen LogP contribution in [0.2, 0.25) is 5.28 Å². The van der Waals surface area contributed by atoms with Crippen LogP contribution < -0.4 is 10.1 Å². The quantitative estimate of drug-likeness (QED) is 0.583. The van der Waals surface area contributed by atoms with Gasteiger partial charge in [0, 0.05) is 12.3 Å². The van der Waals surface area contributed by atoms with Crippen molar-refractivity contribution in [3.63, 3.8) is 0 Å². The summed E-state index contributed by atoms with van der Waals surface area (Å²) in [6.07, 6.45) is 6.03. The monoisotopic (exact) mass is 286 g/mol. The minimum absolute atomic E-state index is 0.120. The maximum absolute atomic E-state index is 5.78. The minimum atomic E-state index is 0.120. The molecule has 1 aromatic rings. The molecule has 1 rings (SSSR count). The standard InChI is InChI=1S/C11H15ClN4OS/c1-3-6-17-11-15-9(12)14-10(16-11)13-5-8-18-7-4-2/h2H,3,5-8H2,1H3,(H,13,14,15,16). The van der Waals surface area contributed by atoms with Crippen LogP contribution in [0.3, 0.4) is 0 Å². The van der Waals surface area contributed by atoms with Gasteiger partial charge in [-0.3, -0.25) is 0 Å². The SMILES string of the molecule is C#CCSCCNc1nc(Cl)nc(OCCC)n1. The lowest BCUT2D eigenvalue weighted by molar-refractivity contribution is 0.291. The number of hydrogen-bond acceptors (Lipinski definition) is 6. The van der Waals surface area contributed by atoms with Gasteiger partial charge in [-0.2, -0.15) is 15.0 Å². The molecule has 18 heavy (non-hydrogen) atoms. The summed E-state index contributed by atoms with van der Waals surface area (Å²) in [6.45, 7) is 3.27. The van der Waals surface area contributed by atoms with Crippen molar-refractivity contribution >= 4 is 29.3 Å². The lowest BCUT2D eigenvalue weighted by atomic mass is 10.5. The van der Waals surface area contributed by atoms with Crippen LogP contribution >= 0.6 is 23.4 Å². The van der Waals surface area contributed by atoms with Crippen LogP contribution in [0.15, 0.2) is 0 Å². The fourth-order valence-corrected chi connectivity index (χ4v) is 1.70. The van der Waals surface area contributed by atoms with Crippen molar-refractivity contribution in [2.45, 2.75) is 13.3 Å². The molecule has 0 aromatic carbocycles. The molecule has 1 aromatic heterocycles. The van der Waals surface area contributed by atoms with E-state index >= 15 is 0 Å². The summed E-state index contributed by atoms with van der Waals surface area (Å²) in [6, 6.07) is 0.246. The fourth-order valence-electron chi connectivity index (χ4n) is 1.03. The Kier molecular flexibility index (Phi) is 7.30. The number of terminal acetylenes is 1. The molecule has 0 aliphatic rings. The van der Waals surface area contributed by atoms with Crippen LogP contribution in [-0.4, -0.2) is 39.6 Å². The number of nitrogens with zero attached hydrogens (tertiary/aromatic N) is 3. The van der Waals surface area contributed by atoms with E-state index in [-0.39, 0.29) is 11.3 Å². The maximum atomic E-state index is 5.78. The number of nitrogens with one attached hydrogen (secondary N) is 1. The molecule has 0 saturated heterocycles. The lowest BCUT2D eigenvalue weighted by Gasteiger charge is -2.06. The predicted molar refractivity (Wildman–Crippen MR) is 75.3 cm³/mol. The molecule has 0 spiro atoms. The van der Waals surface area contributed by atoms with Gasteiger partial charge in [-0.15, -0.1) is 18.2 Å². The number of thioether (sulfide) groups is 1. The van der Waals surface area contributed by atoms with E-state index in [9.17, 15) is 0 Å². The molecule has 0 fully saturated rings. The minimum Gasteiger partial charge on any atom is -0.463 e. The fraction of sp³-hybridized carbons (Fsp3) is 0.545. The number of hydrogen-bond donors (Lipinski definition) is 1. The van der Waals surface area contributed by atoms with Crippen molar-refractivity contribution in [3.8, 4) is 18.4 Å². The van der Waals surface area contributed by atoms with E-state index in [1.54, 1.807) is 11.8 Å². The van der Waals surface area contributed by atoms with E-state index in [1.165, 1.54) is 0 Å². The molecule has 98 valence electrons. The Hall–Kier alpha value is -1.19. The third-order valence-electron chi connectivity index (χ3n) is 1.74. The molecule has 0 bridgehead atoms. The topological polar surface area (TPSA) is 59.9 Å². The van der Waals surface area contributed by atoms with E-state index < -0.39 is 0 Å². The van der Waals surface area contributed by atoms with Gasteiger partial charge in [-0.1, -0.05) is 12.8 Å². The Morgan fingerprint density at radius 3 is 3.00 bits per heavy atom. The van der Waals surface area contributed by atoms with Gasteiger partial charge in [0.1, 0.15) is 0 Å². The van der Waals surface area contributed by atoms with Crippen LogP contribution in [0.25, 0.3) is 0 Å². The van der Waals surface area contributed by atoms with Crippen LogP contribution in [-0.2, 0) is 0 Å². The van der Waals surface area contributed by atoms with Gasteiger partial charge < -0.3 is 10.1 Å². The molecule has 0 radical (unpaired) electrons. The van der Waals surface area contributed by atoms with Crippen molar-refractivity contribution in [1.82, 2.24) is 15.0 Å². The third-order valence-corrected chi connectivity index (χ3v) is 2.77. The summed E-state index contributed by atoms with van der Waals surface area (Å²) in [5, 5.41) is 3.17. The molecule has 0 atom stereocenters. The zero-order chi connectivity index (χ0) is 13.2. The number of ether oxygens (including phenoxy) is 1. The summed E-state index contributed by atoms with van der Waals surface area (Å²) in [5.74, 6) is 4.55. The summed E-state index contributed by atoms with van der Waals surface area (Å²) in [4.78, 5) is 11.9. The zero-order valence-electron chi connectivity index (χ0n) is 10.1. The third kappa shape index (κ3) is 5.94. The highest BCUT2D eigenvalue weighted by atomic mass is 35.5. The van der Waals surface area contributed by atoms with Crippen molar-refractivity contribution in [1.29, 1.82) is 0 Å².